The maximum absolute atomic E-state index is 11.8. The molecule has 2 rings (SSSR count). The molecule has 1 fully saturated rings. The number of hydrogen-bond donors (Lipinski definition) is 1. The molecular formula is C14H22N2O3S. The standard InChI is InChI=1S/C14H22N2O3S/c1-3-20(17,18)13-6-4-12(5-7-13)16-8-9-19-14(10-16)11(2)15/h4-7,11,14H,3,8-10,15H2,1-2H3. The molecule has 1 aliphatic rings. The second kappa shape index (κ2) is 6.11. The normalized spacial score (nSPS) is 21.8. The van der Waals surface area contributed by atoms with Gasteiger partial charge >= 0.3 is 0 Å². The van der Waals surface area contributed by atoms with Gasteiger partial charge < -0.3 is 15.4 Å². The summed E-state index contributed by atoms with van der Waals surface area (Å²) in [4.78, 5) is 2.56. The van der Waals surface area contributed by atoms with Gasteiger partial charge in [-0.1, -0.05) is 6.92 Å². The van der Waals surface area contributed by atoms with Gasteiger partial charge in [0.1, 0.15) is 0 Å². The molecule has 1 saturated heterocycles. The zero-order valence-electron chi connectivity index (χ0n) is 12.0. The van der Waals surface area contributed by atoms with Crippen LogP contribution in [0, 0.1) is 0 Å². The molecule has 2 atom stereocenters. The molecule has 5 nitrogen and oxygen atoms in total. The predicted octanol–water partition coefficient (Wildman–Crippen LogP) is 1.03. The van der Waals surface area contributed by atoms with Crippen molar-refractivity contribution in [2.75, 3.05) is 30.3 Å². The van der Waals surface area contributed by atoms with E-state index in [9.17, 15) is 8.42 Å². The van der Waals surface area contributed by atoms with Gasteiger partial charge in [0.2, 0.25) is 0 Å². The third-order valence-corrected chi connectivity index (χ3v) is 5.37. The summed E-state index contributed by atoms with van der Waals surface area (Å²) < 4.78 is 29.2. The summed E-state index contributed by atoms with van der Waals surface area (Å²) in [5.41, 5.74) is 6.88. The fourth-order valence-corrected chi connectivity index (χ4v) is 3.14. The third kappa shape index (κ3) is 3.31. The maximum Gasteiger partial charge on any atom is 0.178 e. The summed E-state index contributed by atoms with van der Waals surface area (Å²) in [5, 5.41) is 0. The van der Waals surface area contributed by atoms with Gasteiger partial charge in [-0.2, -0.15) is 0 Å². The molecule has 20 heavy (non-hydrogen) atoms. The first-order chi connectivity index (χ1) is 9.44. The summed E-state index contributed by atoms with van der Waals surface area (Å²) in [6.07, 6.45) is 0.0165. The molecule has 0 aromatic heterocycles. The van der Waals surface area contributed by atoms with Crippen LogP contribution in [-0.4, -0.2) is 46.0 Å². The molecule has 0 bridgehead atoms. The van der Waals surface area contributed by atoms with Crippen molar-refractivity contribution in [3.05, 3.63) is 24.3 Å². The Morgan fingerprint density at radius 2 is 2.05 bits per heavy atom. The highest BCUT2D eigenvalue weighted by Gasteiger charge is 2.23. The molecule has 1 aliphatic heterocycles. The molecule has 0 spiro atoms. The first-order valence-corrected chi connectivity index (χ1v) is 8.54. The molecule has 1 aromatic carbocycles. The monoisotopic (exact) mass is 298 g/mol. The highest BCUT2D eigenvalue weighted by molar-refractivity contribution is 7.91. The van der Waals surface area contributed by atoms with Gasteiger partial charge in [0.25, 0.3) is 0 Å². The lowest BCUT2D eigenvalue weighted by molar-refractivity contribution is 0.0276. The maximum atomic E-state index is 11.8. The Morgan fingerprint density at radius 3 is 2.60 bits per heavy atom. The van der Waals surface area contributed by atoms with Crippen molar-refractivity contribution in [2.24, 2.45) is 5.73 Å². The van der Waals surface area contributed by atoms with E-state index >= 15 is 0 Å². The summed E-state index contributed by atoms with van der Waals surface area (Å²) in [6, 6.07) is 7.03. The first kappa shape index (κ1) is 15.3. The molecule has 0 aliphatic carbocycles. The van der Waals surface area contributed by atoms with Crippen LogP contribution in [-0.2, 0) is 14.6 Å². The van der Waals surface area contributed by atoms with E-state index in [0.29, 0.717) is 11.5 Å². The van der Waals surface area contributed by atoms with Crippen molar-refractivity contribution in [1.29, 1.82) is 0 Å². The summed E-state index contributed by atoms with van der Waals surface area (Å²) in [7, 11) is -3.13. The van der Waals surface area contributed by atoms with Crippen molar-refractivity contribution in [3.8, 4) is 0 Å². The molecule has 6 heteroatoms. The Balaban J connectivity index is 2.14. The van der Waals surface area contributed by atoms with Crippen LogP contribution in [0.15, 0.2) is 29.2 Å². The van der Waals surface area contributed by atoms with Gasteiger partial charge in [0, 0.05) is 24.8 Å². The van der Waals surface area contributed by atoms with E-state index in [2.05, 4.69) is 4.90 Å². The van der Waals surface area contributed by atoms with Crippen LogP contribution in [0.2, 0.25) is 0 Å². The van der Waals surface area contributed by atoms with Crippen LogP contribution >= 0.6 is 0 Å². The van der Waals surface area contributed by atoms with Crippen LogP contribution < -0.4 is 10.6 Å². The zero-order valence-corrected chi connectivity index (χ0v) is 12.8. The molecule has 1 aromatic rings. The van der Waals surface area contributed by atoms with Crippen LogP contribution in [0.4, 0.5) is 5.69 Å². The van der Waals surface area contributed by atoms with Crippen LogP contribution in [0.3, 0.4) is 0 Å². The first-order valence-electron chi connectivity index (χ1n) is 6.89. The van der Waals surface area contributed by atoms with E-state index in [1.165, 1.54) is 0 Å². The van der Waals surface area contributed by atoms with E-state index in [-0.39, 0.29) is 17.9 Å². The van der Waals surface area contributed by atoms with Crippen molar-refractivity contribution in [1.82, 2.24) is 0 Å². The highest BCUT2D eigenvalue weighted by atomic mass is 32.2. The van der Waals surface area contributed by atoms with Gasteiger partial charge in [-0.3, -0.25) is 0 Å². The number of ether oxygens (including phenoxy) is 1. The van der Waals surface area contributed by atoms with Gasteiger partial charge in [-0.15, -0.1) is 0 Å². The number of anilines is 1. The Kier molecular flexibility index (Phi) is 4.67. The number of morpholine rings is 1. The number of rotatable bonds is 4. The highest BCUT2D eigenvalue weighted by Crippen LogP contribution is 2.21. The second-order valence-corrected chi connectivity index (χ2v) is 7.39. The second-order valence-electron chi connectivity index (χ2n) is 5.11. The third-order valence-electron chi connectivity index (χ3n) is 3.62. The fraction of sp³-hybridized carbons (Fsp3) is 0.571. The molecule has 2 N–H and O–H groups in total. The minimum atomic E-state index is -3.13. The van der Waals surface area contributed by atoms with Crippen LogP contribution in [0.1, 0.15) is 13.8 Å². The molecular weight excluding hydrogens is 276 g/mol. The minimum absolute atomic E-state index is 0.0162. The van der Waals surface area contributed by atoms with Gasteiger partial charge in [-0.25, -0.2) is 8.42 Å². The average molecular weight is 298 g/mol. The lowest BCUT2D eigenvalue weighted by atomic mass is 10.1. The van der Waals surface area contributed by atoms with Gasteiger partial charge in [-0.05, 0) is 31.2 Å². The molecule has 0 amide bonds. The SMILES string of the molecule is CCS(=O)(=O)c1ccc(N2CCOC(C(C)N)C2)cc1. The van der Waals surface area contributed by atoms with Gasteiger partial charge in [0.15, 0.2) is 9.84 Å². The van der Waals surface area contributed by atoms with E-state index in [4.69, 9.17) is 10.5 Å². The number of benzene rings is 1. The lowest BCUT2D eigenvalue weighted by Crippen LogP contribution is -2.49. The van der Waals surface area contributed by atoms with Crippen molar-refractivity contribution in [2.45, 2.75) is 30.9 Å². The molecule has 2 unspecified atom stereocenters. The lowest BCUT2D eigenvalue weighted by Gasteiger charge is -2.36. The smallest absolute Gasteiger partial charge is 0.178 e. The summed E-state index contributed by atoms with van der Waals surface area (Å²) in [6.45, 7) is 5.76. The van der Waals surface area contributed by atoms with Crippen LogP contribution in [0.5, 0.6) is 0 Å². The van der Waals surface area contributed by atoms with Crippen molar-refractivity contribution in [3.63, 3.8) is 0 Å². The van der Waals surface area contributed by atoms with Crippen molar-refractivity contribution >= 4 is 15.5 Å². The average Bonchev–Trinajstić information content (AvgIpc) is 2.47. The van der Waals surface area contributed by atoms with E-state index in [1.807, 2.05) is 19.1 Å². The largest absolute Gasteiger partial charge is 0.373 e. The topological polar surface area (TPSA) is 72.6 Å². The van der Waals surface area contributed by atoms with Crippen molar-refractivity contribution < 1.29 is 13.2 Å². The number of nitrogens with zero attached hydrogens (tertiary/aromatic N) is 1. The Labute approximate surface area is 120 Å². The van der Waals surface area contributed by atoms with E-state index in [1.54, 1.807) is 19.1 Å². The Hall–Kier alpha value is -1.11. The summed E-state index contributed by atoms with van der Waals surface area (Å²) in [5.74, 6) is 0.122. The molecule has 1 heterocycles. The Bertz CT molecular complexity index is 540. The van der Waals surface area contributed by atoms with Crippen LogP contribution in [0.25, 0.3) is 0 Å². The number of hydrogen-bond acceptors (Lipinski definition) is 5. The zero-order chi connectivity index (χ0) is 14.8. The van der Waals surface area contributed by atoms with E-state index < -0.39 is 9.84 Å². The number of sulfone groups is 1. The predicted molar refractivity (Wildman–Crippen MR) is 79.8 cm³/mol. The van der Waals surface area contributed by atoms with Gasteiger partial charge in [0.05, 0.1) is 23.4 Å². The molecule has 112 valence electrons. The Morgan fingerprint density at radius 1 is 1.40 bits per heavy atom. The fourth-order valence-electron chi connectivity index (χ4n) is 2.26. The minimum Gasteiger partial charge on any atom is -0.373 e. The van der Waals surface area contributed by atoms with E-state index in [0.717, 1.165) is 18.8 Å². The molecule has 0 radical (unpaired) electrons. The number of nitrogens with two attached hydrogens (primary N) is 1. The quantitative estimate of drug-likeness (QED) is 0.899. The molecule has 0 saturated carbocycles. The summed E-state index contributed by atoms with van der Waals surface area (Å²) >= 11 is 0.